The highest BCUT2D eigenvalue weighted by atomic mass is 19.1. The maximum absolute atomic E-state index is 14.8. The van der Waals surface area contributed by atoms with Gasteiger partial charge in [-0.3, -0.25) is 4.90 Å². The highest BCUT2D eigenvalue weighted by molar-refractivity contribution is 5.54. The van der Waals surface area contributed by atoms with Crippen LogP contribution in [0, 0.1) is 23.1 Å². The number of anilines is 1. The van der Waals surface area contributed by atoms with E-state index < -0.39 is 0 Å². The summed E-state index contributed by atoms with van der Waals surface area (Å²) in [6.07, 6.45) is 6.65. The second-order valence-corrected chi connectivity index (χ2v) is 8.15. The van der Waals surface area contributed by atoms with Gasteiger partial charge in [-0.2, -0.15) is 5.26 Å². The topological polar surface area (TPSA) is 67.6 Å². The van der Waals surface area contributed by atoms with Gasteiger partial charge in [0.15, 0.2) is 0 Å². The molecule has 6 heteroatoms. The normalized spacial score (nSPS) is 33.7. The summed E-state index contributed by atoms with van der Waals surface area (Å²) < 4.78 is 14.8. The largest absolute Gasteiger partial charge is 0.393 e. The second kappa shape index (κ2) is 7.57. The molecule has 4 rings (SSSR count). The van der Waals surface area contributed by atoms with E-state index in [0.717, 1.165) is 51.4 Å². The smallest absolute Gasteiger partial charge is 0.147 e. The van der Waals surface area contributed by atoms with Crippen LogP contribution in [0.4, 0.5) is 10.1 Å². The van der Waals surface area contributed by atoms with Crippen molar-refractivity contribution in [1.29, 1.82) is 5.26 Å². The Labute approximate surface area is 159 Å². The quantitative estimate of drug-likeness (QED) is 0.825. The molecule has 27 heavy (non-hydrogen) atoms. The average molecular weight is 371 g/mol. The lowest BCUT2D eigenvalue weighted by Gasteiger charge is -2.52. The van der Waals surface area contributed by atoms with Crippen LogP contribution in [0.3, 0.4) is 0 Å². The predicted octanol–water partition coefficient (Wildman–Crippen LogP) is 2.82. The van der Waals surface area contributed by atoms with Crippen molar-refractivity contribution in [3.8, 4) is 6.07 Å². The number of nitriles is 1. The van der Waals surface area contributed by atoms with Gasteiger partial charge in [-0.1, -0.05) is 0 Å². The third kappa shape index (κ3) is 3.35. The Balaban J connectivity index is 1.71. The summed E-state index contributed by atoms with van der Waals surface area (Å²) in [6, 6.07) is 7.23. The van der Waals surface area contributed by atoms with E-state index in [0.29, 0.717) is 29.8 Å². The summed E-state index contributed by atoms with van der Waals surface area (Å²) in [7, 11) is 0. The maximum atomic E-state index is 14.8. The number of benzene rings is 1. The van der Waals surface area contributed by atoms with Crippen molar-refractivity contribution in [3.05, 3.63) is 29.6 Å². The summed E-state index contributed by atoms with van der Waals surface area (Å²) in [5, 5.41) is 19.2. The number of nitrogens with zero attached hydrogens (tertiary/aromatic N) is 3. The standard InChI is InChI=1S/C21H26FN3O2/c22-19-10-14(13-23)3-6-20(19)24-8-1-2-15(7-9-26)21(24)25-16-4-5-17(25)12-18(27)11-16/h3,6,9-10,15-18,21,27H,1-2,4-5,7-8,11-12H2. The van der Waals surface area contributed by atoms with Crippen molar-refractivity contribution in [2.24, 2.45) is 5.92 Å². The molecule has 1 aromatic rings. The van der Waals surface area contributed by atoms with Crippen LogP contribution in [0.5, 0.6) is 0 Å². The second-order valence-electron chi connectivity index (χ2n) is 8.15. The van der Waals surface area contributed by atoms with Crippen molar-refractivity contribution < 1.29 is 14.3 Å². The Morgan fingerprint density at radius 2 is 2.00 bits per heavy atom. The third-order valence-electron chi connectivity index (χ3n) is 6.57. The van der Waals surface area contributed by atoms with Crippen molar-refractivity contribution in [3.63, 3.8) is 0 Å². The van der Waals surface area contributed by atoms with Crippen molar-refractivity contribution in [2.45, 2.75) is 69.3 Å². The minimum Gasteiger partial charge on any atom is -0.393 e. The molecule has 5 nitrogen and oxygen atoms in total. The zero-order chi connectivity index (χ0) is 19.0. The van der Waals surface area contributed by atoms with Gasteiger partial charge < -0.3 is 14.8 Å². The fraction of sp³-hybridized carbons (Fsp3) is 0.619. The first kappa shape index (κ1) is 18.4. The molecule has 1 aromatic carbocycles. The first-order valence-electron chi connectivity index (χ1n) is 9.97. The van der Waals surface area contributed by atoms with E-state index in [4.69, 9.17) is 5.26 Å². The molecule has 3 saturated heterocycles. The monoisotopic (exact) mass is 371 g/mol. The summed E-state index contributed by atoms with van der Waals surface area (Å²) in [6.45, 7) is 0.737. The SMILES string of the molecule is N#Cc1ccc(N2CCCC(CC=O)C2N2C3CCC2CC(O)C3)c(F)c1. The van der Waals surface area contributed by atoms with Crippen LogP contribution in [0.1, 0.15) is 50.5 Å². The minimum absolute atomic E-state index is 0.0311. The molecule has 3 aliphatic heterocycles. The van der Waals surface area contributed by atoms with E-state index in [9.17, 15) is 14.3 Å². The molecule has 0 amide bonds. The van der Waals surface area contributed by atoms with Gasteiger partial charge in [0.2, 0.25) is 0 Å². The molecule has 0 saturated carbocycles. The van der Waals surface area contributed by atoms with E-state index in [2.05, 4.69) is 9.80 Å². The molecule has 144 valence electrons. The van der Waals surface area contributed by atoms with Gasteiger partial charge in [0.25, 0.3) is 0 Å². The van der Waals surface area contributed by atoms with Crippen molar-refractivity contribution in [1.82, 2.24) is 4.90 Å². The molecule has 4 atom stereocenters. The predicted molar refractivity (Wildman–Crippen MR) is 99.5 cm³/mol. The lowest BCUT2D eigenvalue weighted by atomic mass is 9.87. The summed E-state index contributed by atoms with van der Waals surface area (Å²) in [4.78, 5) is 15.9. The van der Waals surface area contributed by atoms with Crippen LogP contribution >= 0.6 is 0 Å². The lowest BCUT2D eigenvalue weighted by molar-refractivity contribution is -0.109. The number of halogens is 1. The molecule has 3 fully saturated rings. The average Bonchev–Trinajstić information content (AvgIpc) is 2.92. The third-order valence-corrected chi connectivity index (χ3v) is 6.57. The van der Waals surface area contributed by atoms with Crippen molar-refractivity contribution in [2.75, 3.05) is 11.4 Å². The highest BCUT2D eigenvalue weighted by Gasteiger charge is 2.48. The number of carbonyl (C=O) groups is 1. The Morgan fingerprint density at radius 1 is 1.26 bits per heavy atom. The van der Waals surface area contributed by atoms with Gasteiger partial charge in [-0.25, -0.2) is 4.39 Å². The Kier molecular flexibility index (Phi) is 5.16. The molecule has 0 spiro atoms. The van der Waals surface area contributed by atoms with Crippen LogP contribution < -0.4 is 4.90 Å². The van der Waals surface area contributed by atoms with E-state index in [1.807, 2.05) is 6.07 Å². The van der Waals surface area contributed by atoms with Gasteiger partial charge in [-0.15, -0.1) is 0 Å². The van der Waals surface area contributed by atoms with Crippen LogP contribution in [0.2, 0.25) is 0 Å². The Morgan fingerprint density at radius 3 is 2.63 bits per heavy atom. The number of carbonyl (C=O) groups excluding carboxylic acids is 1. The summed E-state index contributed by atoms with van der Waals surface area (Å²) in [5.74, 6) is -0.222. The van der Waals surface area contributed by atoms with Gasteiger partial charge in [0, 0.05) is 25.0 Å². The first-order chi connectivity index (χ1) is 13.1. The van der Waals surface area contributed by atoms with E-state index in [1.54, 1.807) is 12.1 Å². The molecule has 3 heterocycles. The minimum atomic E-state index is -0.379. The van der Waals surface area contributed by atoms with Gasteiger partial charge in [-0.05, 0) is 62.6 Å². The number of fused-ring (bicyclic) bond motifs is 2. The molecule has 4 unspecified atom stereocenters. The molecule has 0 aromatic heterocycles. The fourth-order valence-electron chi connectivity index (χ4n) is 5.52. The fourth-order valence-corrected chi connectivity index (χ4v) is 5.52. The van der Waals surface area contributed by atoms with Gasteiger partial charge in [0.1, 0.15) is 12.1 Å². The number of piperidine rings is 2. The number of aliphatic hydroxyl groups is 1. The highest BCUT2D eigenvalue weighted by Crippen LogP contribution is 2.43. The molecular formula is C21H26FN3O2. The maximum Gasteiger partial charge on any atom is 0.147 e. The zero-order valence-electron chi connectivity index (χ0n) is 15.4. The summed E-state index contributed by atoms with van der Waals surface area (Å²) in [5.41, 5.74) is 0.829. The lowest BCUT2D eigenvalue weighted by Crippen LogP contribution is -2.61. The van der Waals surface area contributed by atoms with Crippen LogP contribution in [0.25, 0.3) is 0 Å². The molecule has 0 aliphatic carbocycles. The van der Waals surface area contributed by atoms with Crippen LogP contribution in [0.15, 0.2) is 18.2 Å². The molecule has 2 bridgehead atoms. The molecule has 0 radical (unpaired) electrons. The summed E-state index contributed by atoms with van der Waals surface area (Å²) >= 11 is 0. The van der Waals surface area contributed by atoms with E-state index in [-0.39, 0.29) is 24.0 Å². The van der Waals surface area contributed by atoms with E-state index in [1.165, 1.54) is 6.07 Å². The number of rotatable bonds is 4. The Hall–Kier alpha value is -1.97. The number of aliphatic hydroxyl groups excluding tert-OH is 1. The van der Waals surface area contributed by atoms with Crippen LogP contribution in [-0.4, -0.2) is 47.2 Å². The molecular weight excluding hydrogens is 345 g/mol. The van der Waals surface area contributed by atoms with Gasteiger partial charge in [0.05, 0.1) is 29.6 Å². The van der Waals surface area contributed by atoms with Crippen LogP contribution in [-0.2, 0) is 4.79 Å². The molecule has 3 aliphatic rings. The van der Waals surface area contributed by atoms with E-state index >= 15 is 0 Å². The van der Waals surface area contributed by atoms with Gasteiger partial charge >= 0.3 is 0 Å². The zero-order valence-corrected chi connectivity index (χ0v) is 15.4. The Bertz CT molecular complexity index is 735. The number of hydrogen-bond acceptors (Lipinski definition) is 5. The van der Waals surface area contributed by atoms with Crippen molar-refractivity contribution >= 4 is 12.0 Å². The first-order valence-corrected chi connectivity index (χ1v) is 9.97. The number of hydrogen-bond donors (Lipinski definition) is 1. The number of aldehydes is 1. The molecule has 1 N–H and O–H groups in total.